The summed E-state index contributed by atoms with van der Waals surface area (Å²) in [5.74, 6) is -7.54. The standard InChI is InChI=1S/C89H106N30O16/c1-107(2)27-16-22-90-73(120)18-23-93-79(125)63-33-56(45-110(63)5)101-86(132)70-38-60(49-117(70)12)105-87(133)71-37-59(48-118(71)13)104-84(130)68-31-53(42-115(68)10)98-75(122)19-24-94-80(126)64-34-55(44-111(64)6)99-82(128)66-29-51(40-113(66)8)96-74(121)17-15-21-92-78(124)62-32-54(43-109(62)4)100-85(131)69-36-58(47-116(69)11)103-83(129)67-30-52(41-114(67)9)97-76(123)20-25-95-81(127)65-35-57(46-112(65)7)102-88(134)72-39-61(50-119(72)14)106-89(135)77-91-26-28-108(77)3/h26,28-50H,15-25,27H2,1-14H3,(H,90,120)(H,92,124)(H,93,125)(H,94,126)(H,95,127)(H,96,121)(H,97,123)(H,98,122)(H,99,128)(H,100,131)(H,101,132)(H,102,134)(H,103,129)(H,104,130)(H,105,133)(H,106,135). The molecule has 0 atom stereocenters. The quantitative estimate of drug-likeness (QED) is 0.0224. The first kappa shape index (κ1) is 96.8. The highest BCUT2D eigenvalue weighted by atomic mass is 16.2. The van der Waals surface area contributed by atoms with Gasteiger partial charge in [0.05, 0.1) is 62.6 Å². The van der Waals surface area contributed by atoms with Crippen LogP contribution < -0.4 is 85.1 Å². The number of nitrogens with zero attached hydrogens (tertiary/aromatic N) is 14. The largest absolute Gasteiger partial charge is 0.356 e. The van der Waals surface area contributed by atoms with Gasteiger partial charge in [-0.2, -0.15) is 0 Å². The van der Waals surface area contributed by atoms with Gasteiger partial charge in [-0.05, 0) is 100 Å². The summed E-state index contributed by atoms with van der Waals surface area (Å²) in [6, 6.07) is 16.2. The fraction of sp³-hybridized carbons (Fsp3) is 0.292. The summed E-state index contributed by atoms with van der Waals surface area (Å²) in [5, 5.41) is 44.1. The minimum absolute atomic E-state index is 0.00861. The number of carbonyl (C=O) groups is 16. The smallest absolute Gasteiger partial charge is 0.291 e. The second kappa shape index (κ2) is 42.6. The van der Waals surface area contributed by atoms with Gasteiger partial charge in [0.25, 0.3) is 70.9 Å². The van der Waals surface area contributed by atoms with Crippen LogP contribution in [0.4, 0.5) is 62.6 Å². The second-order valence-corrected chi connectivity index (χ2v) is 32.5. The maximum Gasteiger partial charge on any atom is 0.291 e. The van der Waals surface area contributed by atoms with E-state index in [0.29, 0.717) is 46.4 Å². The highest BCUT2D eigenvalue weighted by Crippen LogP contribution is 2.27. The summed E-state index contributed by atoms with van der Waals surface area (Å²) in [7, 11) is 23.4. The lowest BCUT2D eigenvalue weighted by Gasteiger charge is -2.10. The zero-order valence-electron chi connectivity index (χ0n) is 76.6. The average Bonchev–Trinajstić information content (AvgIpc) is 1.68. The molecule has 12 aromatic rings. The van der Waals surface area contributed by atoms with Crippen molar-refractivity contribution < 1.29 is 76.7 Å². The zero-order valence-corrected chi connectivity index (χ0v) is 76.6. The Morgan fingerprint density at radius 3 is 0.659 bits per heavy atom. The molecule has 16 amide bonds. The van der Waals surface area contributed by atoms with Crippen LogP contribution in [0.15, 0.2) is 147 Å². The molecule has 16 N–H and O–H groups in total. The maximum atomic E-state index is 13.6. The molecule has 12 rings (SSSR count). The highest BCUT2D eigenvalue weighted by molar-refractivity contribution is 6.12. The molecule has 0 spiro atoms. The summed E-state index contributed by atoms with van der Waals surface area (Å²) in [6.45, 7) is 1.45. The molecule has 708 valence electrons. The Morgan fingerprint density at radius 2 is 0.430 bits per heavy atom. The van der Waals surface area contributed by atoms with E-state index in [-0.39, 0.29) is 155 Å². The predicted molar refractivity (Wildman–Crippen MR) is 501 cm³/mol. The Labute approximate surface area is 772 Å². The molecular weight excluding hydrogens is 1750 g/mol. The average molecular weight is 1850 g/mol. The number of imidazole rings is 1. The zero-order chi connectivity index (χ0) is 97.5. The van der Waals surface area contributed by atoms with Crippen LogP contribution in [-0.4, -0.2) is 213 Å². The molecule has 0 bridgehead atoms. The van der Waals surface area contributed by atoms with Crippen molar-refractivity contribution in [3.8, 4) is 0 Å². The van der Waals surface area contributed by atoms with Gasteiger partial charge >= 0.3 is 0 Å². The topological polar surface area (TPSA) is 541 Å². The third-order valence-electron chi connectivity index (χ3n) is 21.4. The number of hydrogen-bond donors (Lipinski definition) is 16. The van der Waals surface area contributed by atoms with Crippen molar-refractivity contribution in [3.05, 3.63) is 216 Å². The minimum atomic E-state index is -0.559. The van der Waals surface area contributed by atoms with Crippen LogP contribution in [0.5, 0.6) is 0 Å². The highest BCUT2D eigenvalue weighted by Gasteiger charge is 2.27. The number of amides is 16. The first-order valence-corrected chi connectivity index (χ1v) is 42.4. The summed E-state index contributed by atoms with van der Waals surface area (Å²) in [4.78, 5) is 218. The van der Waals surface area contributed by atoms with Crippen LogP contribution in [0.2, 0.25) is 0 Å². The van der Waals surface area contributed by atoms with Crippen molar-refractivity contribution in [2.75, 3.05) is 112 Å². The van der Waals surface area contributed by atoms with E-state index in [2.05, 4.69) is 90.1 Å². The third-order valence-corrected chi connectivity index (χ3v) is 21.4. The third kappa shape index (κ3) is 24.9. The fourth-order valence-corrected chi connectivity index (χ4v) is 14.6. The van der Waals surface area contributed by atoms with E-state index in [1.807, 2.05) is 19.0 Å². The monoisotopic (exact) mass is 1850 g/mol. The maximum absolute atomic E-state index is 13.6. The lowest BCUT2D eigenvalue weighted by atomic mass is 10.2. The minimum Gasteiger partial charge on any atom is -0.356 e. The number of aromatic nitrogens is 13. The summed E-state index contributed by atoms with van der Waals surface area (Å²) in [5.41, 5.74) is 5.41. The first-order chi connectivity index (χ1) is 64.2. The molecule has 0 aromatic carbocycles. The molecule has 0 saturated heterocycles. The molecule has 0 radical (unpaired) electrons. The van der Waals surface area contributed by atoms with Crippen molar-refractivity contribution in [2.45, 2.75) is 38.5 Å². The van der Waals surface area contributed by atoms with E-state index in [0.717, 1.165) is 13.0 Å². The number of rotatable bonds is 40. The fourth-order valence-electron chi connectivity index (χ4n) is 14.6. The lowest BCUT2D eigenvalue weighted by molar-refractivity contribution is -0.121. The SMILES string of the molecule is CN(C)CCCNC(=O)CCNC(=O)c1cc(NC(=O)c2cc(NC(=O)c3cc(NC(=O)c4cc(NC(=O)CCNC(=O)c5cc(NC(=O)c6cc(NC(=O)CCCNC(=O)c7cc(NC(=O)c8cc(NC(=O)c9cc(NC(=O)CCNC(=O)c%10cc(NC(=O)c%11cc(NC(=O)c%12nccn%12C)cn%11C)cn%10C)cn9C)cn8C)cn7C)cn6C)cn5C)cn4C)cn3C)cn2C)cn1C. The summed E-state index contributed by atoms with van der Waals surface area (Å²) < 4.78 is 18.2. The normalized spacial score (nSPS) is 11.0. The number of aryl methyl sites for hydroxylation is 12. The molecular formula is C89H106N30O16. The molecule has 0 aliphatic heterocycles. The van der Waals surface area contributed by atoms with Crippen molar-refractivity contribution in [3.63, 3.8) is 0 Å². The van der Waals surface area contributed by atoms with Crippen molar-refractivity contribution in [1.82, 2.24) is 91.3 Å². The number of nitrogens with one attached hydrogen (secondary N) is 16. The van der Waals surface area contributed by atoms with Crippen LogP contribution in [0.25, 0.3) is 0 Å². The van der Waals surface area contributed by atoms with E-state index >= 15 is 0 Å². The van der Waals surface area contributed by atoms with Gasteiger partial charge in [-0.25, -0.2) is 4.98 Å². The van der Waals surface area contributed by atoms with Crippen LogP contribution >= 0.6 is 0 Å². The number of carbonyl (C=O) groups excluding carboxylic acids is 16. The molecule has 0 saturated carbocycles. The van der Waals surface area contributed by atoms with Gasteiger partial charge in [0.2, 0.25) is 23.6 Å². The molecule has 0 unspecified atom stereocenters. The molecule has 0 aliphatic carbocycles. The van der Waals surface area contributed by atoms with E-state index in [9.17, 15) is 76.7 Å². The Balaban J connectivity index is 0.515. The second-order valence-electron chi connectivity index (χ2n) is 32.5. The molecule has 46 nitrogen and oxygen atoms in total. The number of anilines is 11. The summed E-state index contributed by atoms with van der Waals surface area (Å²) in [6.07, 6.45) is 21.0. The predicted octanol–water partition coefficient (Wildman–Crippen LogP) is 5.02. The number of hydrogen-bond acceptors (Lipinski definition) is 18. The molecule has 135 heavy (non-hydrogen) atoms. The molecule has 46 heteroatoms. The van der Waals surface area contributed by atoms with Gasteiger partial charge in [-0.1, -0.05) is 0 Å². The lowest BCUT2D eigenvalue weighted by Crippen LogP contribution is -2.32. The van der Waals surface area contributed by atoms with Crippen LogP contribution in [0.3, 0.4) is 0 Å². The van der Waals surface area contributed by atoms with Crippen LogP contribution in [0.1, 0.15) is 165 Å². The summed E-state index contributed by atoms with van der Waals surface area (Å²) >= 11 is 0. The van der Waals surface area contributed by atoms with Crippen LogP contribution in [0, 0.1) is 0 Å². The first-order valence-electron chi connectivity index (χ1n) is 42.4. The van der Waals surface area contributed by atoms with Gasteiger partial charge in [-0.15, -0.1) is 0 Å². The van der Waals surface area contributed by atoms with Gasteiger partial charge < -0.3 is 145 Å². The van der Waals surface area contributed by atoms with Gasteiger partial charge in [0, 0.05) is 224 Å². The molecule has 12 heterocycles. The molecule has 0 fully saturated rings. The van der Waals surface area contributed by atoms with Crippen LogP contribution in [-0.2, 0) is 104 Å². The van der Waals surface area contributed by atoms with Gasteiger partial charge in [0.15, 0.2) is 5.82 Å². The van der Waals surface area contributed by atoms with E-state index in [4.69, 9.17) is 0 Å². The van der Waals surface area contributed by atoms with E-state index < -0.39 is 88.6 Å². The van der Waals surface area contributed by atoms with E-state index in [1.54, 1.807) is 137 Å². The molecule has 0 aliphatic rings. The van der Waals surface area contributed by atoms with Crippen molar-refractivity contribution >= 4 is 157 Å². The molecule has 12 aromatic heterocycles. The Kier molecular flexibility index (Phi) is 30.5. The van der Waals surface area contributed by atoms with E-state index in [1.165, 1.54) is 150 Å². The van der Waals surface area contributed by atoms with Crippen molar-refractivity contribution in [1.29, 1.82) is 0 Å². The van der Waals surface area contributed by atoms with Crippen molar-refractivity contribution in [2.24, 2.45) is 84.6 Å². The van der Waals surface area contributed by atoms with Gasteiger partial charge in [0.1, 0.15) is 62.6 Å². The Morgan fingerprint density at radius 1 is 0.230 bits per heavy atom. The van der Waals surface area contributed by atoms with Gasteiger partial charge in [-0.3, -0.25) is 76.7 Å². The Hall–Kier alpha value is -17.2. The Bertz CT molecular complexity index is 6620.